The molecule has 3 N–H and O–H groups in total. The molecule has 0 saturated heterocycles. The van der Waals surface area contributed by atoms with Gasteiger partial charge in [0.2, 0.25) is 5.91 Å². The molecule has 10 nitrogen and oxygen atoms in total. The van der Waals surface area contributed by atoms with Crippen LogP contribution in [0.2, 0.25) is 0 Å². The zero-order valence-corrected chi connectivity index (χ0v) is 26.7. The molecular weight excluding hydrogens is 574 g/mol. The largest absolute Gasteiger partial charge is 0.461 e. The first kappa shape index (κ1) is 35.1. The quantitative estimate of drug-likeness (QED) is 0.0855. The molecule has 1 atom stereocenters. The minimum Gasteiger partial charge on any atom is -0.461 e. The van der Waals surface area contributed by atoms with E-state index in [2.05, 4.69) is 34.7 Å². The summed E-state index contributed by atoms with van der Waals surface area (Å²) in [6.07, 6.45) is 4.27. The summed E-state index contributed by atoms with van der Waals surface area (Å²) in [5.41, 5.74) is 3.88. The zero-order valence-electron chi connectivity index (χ0n) is 26.7. The van der Waals surface area contributed by atoms with Crippen LogP contribution in [-0.2, 0) is 23.8 Å². The number of nitrogens with one attached hydrogen (secondary N) is 3. The van der Waals surface area contributed by atoms with Crippen molar-refractivity contribution in [1.82, 2.24) is 16.0 Å². The van der Waals surface area contributed by atoms with Crippen molar-refractivity contribution in [2.45, 2.75) is 83.3 Å². The average molecular weight is 622 g/mol. The van der Waals surface area contributed by atoms with Crippen molar-refractivity contribution in [2.24, 2.45) is 0 Å². The van der Waals surface area contributed by atoms with Crippen LogP contribution in [0.25, 0.3) is 11.1 Å². The van der Waals surface area contributed by atoms with Crippen LogP contribution < -0.4 is 16.0 Å². The number of ether oxygens (including phenoxy) is 3. The fourth-order valence-electron chi connectivity index (χ4n) is 5.16. The van der Waals surface area contributed by atoms with Crippen molar-refractivity contribution in [3.63, 3.8) is 0 Å². The summed E-state index contributed by atoms with van der Waals surface area (Å²) in [5, 5.41) is 8.35. The highest BCUT2D eigenvalue weighted by Crippen LogP contribution is 2.44. The number of amides is 3. The molecule has 244 valence electrons. The normalized spacial score (nSPS) is 12.7. The van der Waals surface area contributed by atoms with Crippen molar-refractivity contribution in [3.8, 4) is 11.1 Å². The average Bonchev–Trinajstić information content (AvgIpc) is 3.32. The predicted molar refractivity (Wildman–Crippen MR) is 173 cm³/mol. The minimum absolute atomic E-state index is 0.0941. The van der Waals surface area contributed by atoms with Gasteiger partial charge in [-0.1, -0.05) is 67.6 Å². The SMILES string of the molecule is C=CCOC(=O)CCCCCNC(=O)[C@H](CCCCNC(=O)OC(C)(C)C)NC(=O)OCC1c2ccccc2-c2ccccc21. The molecule has 3 rings (SSSR count). The van der Waals surface area contributed by atoms with Gasteiger partial charge in [-0.3, -0.25) is 9.59 Å². The van der Waals surface area contributed by atoms with E-state index in [0.29, 0.717) is 51.6 Å². The molecule has 0 fully saturated rings. The van der Waals surface area contributed by atoms with Gasteiger partial charge >= 0.3 is 18.2 Å². The number of fused-ring (bicyclic) bond motifs is 3. The Morgan fingerprint density at radius 3 is 2.09 bits per heavy atom. The van der Waals surface area contributed by atoms with Crippen molar-refractivity contribution < 1.29 is 33.4 Å². The Morgan fingerprint density at radius 2 is 1.44 bits per heavy atom. The van der Waals surface area contributed by atoms with Gasteiger partial charge in [0, 0.05) is 25.4 Å². The Bertz CT molecular complexity index is 1260. The third kappa shape index (κ3) is 11.9. The Hall–Kier alpha value is -4.34. The summed E-state index contributed by atoms with van der Waals surface area (Å²) in [7, 11) is 0. The summed E-state index contributed by atoms with van der Waals surface area (Å²) in [6, 6.07) is 15.4. The molecule has 1 aliphatic carbocycles. The van der Waals surface area contributed by atoms with Gasteiger partial charge in [0.1, 0.15) is 24.9 Å². The fraction of sp³-hybridized carbons (Fsp3) is 0.486. The number of hydrogen-bond donors (Lipinski definition) is 3. The number of carbonyl (C=O) groups is 4. The highest BCUT2D eigenvalue weighted by molar-refractivity contribution is 5.85. The number of unbranched alkanes of at least 4 members (excludes halogenated alkanes) is 3. The maximum Gasteiger partial charge on any atom is 0.407 e. The van der Waals surface area contributed by atoms with Crippen LogP contribution in [0.4, 0.5) is 9.59 Å². The smallest absolute Gasteiger partial charge is 0.407 e. The van der Waals surface area contributed by atoms with E-state index >= 15 is 0 Å². The number of rotatable bonds is 17. The summed E-state index contributed by atoms with van der Waals surface area (Å²) < 4.78 is 15.9. The van der Waals surface area contributed by atoms with Crippen molar-refractivity contribution in [1.29, 1.82) is 0 Å². The molecule has 2 aromatic carbocycles. The highest BCUT2D eigenvalue weighted by Gasteiger charge is 2.30. The van der Waals surface area contributed by atoms with Crippen molar-refractivity contribution in [3.05, 3.63) is 72.3 Å². The lowest BCUT2D eigenvalue weighted by Gasteiger charge is -2.21. The van der Waals surface area contributed by atoms with E-state index in [4.69, 9.17) is 14.2 Å². The Morgan fingerprint density at radius 1 is 0.822 bits per heavy atom. The maximum atomic E-state index is 13.1. The number of benzene rings is 2. The lowest BCUT2D eigenvalue weighted by Crippen LogP contribution is -2.47. The van der Waals surface area contributed by atoms with Gasteiger partial charge in [-0.2, -0.15) is 0 Å². The van der Waals surface area contributed by atoms with Crippen LogP contribution in [0.3, 0.4) is 0 Å². The second kappa shape index (κ2) is 17.8. The van der Waals surface area contributed by atoms with Gasteiger partial charge in [-0.15, -0.1) is 0 Å². The van der Waals surface area contributed by atoms with Crippen LogP contribution >= 0.6 is 0 Å². The van der Waals surface area contributed by atoms with Gasteiger partial charge in [-0.25, -0.2) is 9.59 Å². The van der Waals surface area contributed by atoms with E-state index < -0.39 is 23.8 Å². The molecule has 2 aromatic rings. The monoisotopic (exact) mass is 621 g/mol. The van der Waals surface area contributed by atoms with Crippen molar-refractivity contribution in [2.75, 3.05) is 26.3 Å². The second-order valence-electron chi connectivity index (χ2n) is 12.0. The molecule has 0 aromatic heterocycles. The third-order valence-corrected chi connectivity index (χ3v) is 7.26. The van der Waals surface area contributed by atoms with E-state index in [0.717, 1.165) is 28.7 Å². The highest BCUT2D eigenvalue weighted by atomic mass is 16.6. The standard InChI is InChI=1S/C35H47N3O7/c1-5-23-43-31(39)20-7-6-13-21-36-32(40)30(19-12-14-22-37-33(41)45-35(2,3)4)38-34(42)44-24-29-27-17-10-8-15-25(27)26-16-9-11-18-28(26)29/h5,8-11,15-18,29-30H,1,6-7,12-14,19-24H2,2-4H3,(H,36,40)(H,37,41)(H,38,42)/t30-/m0/s1. The molecule has 1 aliphatic rings. The Labute approximate surface area is 266 Å². The molecule has 0 spiro atoms. The summed E-state index contributed by atoms with van der Waals surface area (Å²) in [6.45, 7) is 10.0. The number of carbonyl (C=O) groups excluding carboxylic acids is 4. The van der Waals surface area contributed by atoms with E-state index in [1.165, 1.54) is 6.08 Å². The van der Waals surface area contributed by atoms with E-state index in [1.807, 2.05) is 36.4 Å². The molecule has 45 heavy (non-hydrogen) atoms. The van der Waals surface area contributed by atoms with E-state index in [-0.39, 0.29) is 31.0 Å². The van der Waals surface area contributed by atoms with Gasteiger partial charge in [0.25, 0.3) is 0 Å². The molecule has 0 bridgehead atoms. The Balaban J connectivity index is 1.50. The van der Waals surface area contributed by atoms with Crippen LogP contribution in [-0.4, -0.2) is 62.0 Å². The molecule has 0 unspecified atom stereocenters. The number of hydrogen-bond acceptors (Lipinski definition) is 7. The first-order valence-electron chi connectivity index (χ1n) is 15.7. The Kier molecular flexibility index (Phi) is 13.9. The molecule has 10 heteroatoms. The molecule has 0 saturated carbocycles. The number of esters is 1. The molecule has 0 heterocycles. The summed E-state index contributed by atoms with van der Waals surface area (Å²) in [4.78, 5) is 49.6. The van der Waals surface area contributed by atoms with Crippen molar-refractivity contribution >= 4 is 24.1 Å². The first-order valence-corrected chi connectivity index (χ1v) is 15.7. The lowest BCUT2D eigenvalue weighted by molar-refractivity contribution is -0.142. The third-order valence-electron chi connectivity index (χ3n) is 7.26. The van der Waals surface area contributed by atoms with Crippen LogP contribution in [0, 0.1) is 0 Å². The molecular formula is C35H47N3O7. The van der Waals surface area contributed by atoms with Crippen LogP contribution in [0.5, 0.6) is 0 Å². The molecule has 3 amide bonds. The molecule has 0 aliphatic heterocycles. The van der Waals surface area contributed by atoms with Gasteiger partial charge < -0.3 is 30.2 Å². The minimum atomic E-state index is -0.809. The summed E-state index contributed by atoms with van der Waals surface area (Å²) in [5.74, 6) is -0.676. The van der Waals surface area contributed by atoms with E-state index in [1.54, 1.807) is 20.8 Å². The van der Waals surface area contributed by atoms with Crippen LogP contribution in [0.15, 0.2) is 61.2 Å². The van der Waals surface area contributed by atoms with E-state index in [9.17, 15) is 19.2 Å². The second-order valence-corrected chi connectivity index (χ2v) is 12.0. The fourth-order valence-corrected chi connectivity index (χ4v) is 5.16. The zero-order chi connectivity index (χ0) is 32.7. The molecule has 0 radical (unpaired) electrons. The topological polar surface area (TPSA) is 132 Å². The summed E-state index contributed by atoms with van der Waals surface area (Å²) >= 11 is 0. The number of alkyl carbamates (subject to hydrolysis) is 2. The van der Waals surface area contributed by atoms with Gasteiger partial charge in [0.15, 0.2) is 0 Å². The van der Waals surface area contributed by atoms with Gasteiger partial charge in [0.05, 0.1) is 0 Å². The maximum absolute atomic E-state index is 13.1. The van der Waals surface area contributed by atoms with Gasteiger partial charge in [-0.05, 0) is 75.1 Å². The van der Waals surface area contributed by atoms with Crippen LogP contribution in [0.1, 0.15) is 82.8 Å². The lowest BCUT2D eigenvalue weighted by atomic mass is 9.98. The predicted octanol–water partition coefficient (Wildman–Crippen LogP) is 5.99. The first-order chi connectivity index (χ1) is 21.6.